The van der Waals surface area contributed by atoms with Crippen LogP contribution in [-0.4, -0.2) is 15.1 Å². The Bertz CT molecular complexity index is 541. The molecule has 0 spiro atoms. The highest BCUT2D eigenvalue weighted by atomic mass is 32.1. The van der Waals surface area contributed by atoms with Crippen LogP contribution in [0.15, 0.2) is 9.90 Å². The van der Waals surface area contributed by atoms with Gasteiger partial charge in [-0.15, -0.1) is 11.3 Å². The van der Waals surface area contributed by atoms with Gasteiger partial charge in [0.25, 0.3) is 0 Å². The van der Waals surface area contributed by atoms with Crippen molar-refractivity contribution in [3.63, 3.8) is 0 Å². The minimum Gasteiger partial charge on any atom is -0.340 e. The van der Waals surface area contributed by atoms with E-state index in [-0.39, 0.29) is 11.5 Å². The number of aromatic nitrogens is 3. The van der Waals surface area contributed by atoms with Crippen LogP contribution in [0.4, 0.5) is 0 Å². The molecule has 0 saturated carbocycles. The van der Waals surface area contributed by atoms with Gasteiger partial charge in [-0.25, -0.2) is 4.98 Å². The fourth-order valence-electron chi connectivity index (χ4n) is 1.58. The van der Waals surface area contributed by atoms with Gasteiger partial charge in [-0.1, -0.05) is 25.9 Å². The molecule has 104 valence electrons. The van der Waals surface area contributed by atoms with E-state index >= 15 is 0 Å². The molecule has 0 saturated heterocycles. The molecule has 0 radical (unpaired) electrons. The molecule has 0 amide bonds. The second-order valence-corrected chi connectivity index (χ2v) is 6.54. The maximum atomic E-state index is 4.94. The Kier molecular flexibility index (Phi) is 4.01. The lowest BCUT2D eigenvalue weighted by molar-refractivity contribution is 0.384. The van der Waals surface area contributed by atoms with Gasteiger partial charge in [0, 0.05) is 17.7 Å². The summed E-state index contributed by atoms with van der Waals surface area (Å²) in [6, 6.07) is 0.180. The predicted molar refractivity (Wildman–Crippen MR) is 75.1 cm³/mol. The van der Waals surface area contributed by atoms with Crippen molar-refractivity contribution in [3.05, 3.63) is 27.8 Å². The summed E-state index contributed by atoms with van der Waals surface area (Å²) in [5.74, 6) is 1.27. The summed E-state index contributed by atoms with van der Waals surface area (Å²) in [5, 5.41) is 10.4. The Morgan fingerprint density at radius 3 is 2.63 bits per heavy atom. The van der Waals surface area contributed by atoms with Crippen molar-refractivity contribution in [1.82, 2.24) is 20.4 Å². The van der Waals surface area contributed by atoms with Crippen molar-refractivity contribution in [3.8, 4) is 0 Å². The number of hydrogen-bond acceptors (Lipinski definition) is 6. The summed E-state index contributed by atoms with van der Waals surface area (Å²) < 4.78 is 4.94. The number of nitrogens with zero attached hydrogens (tertiary/aromatic N) is 3. The summed E-state index contributed by atoms with van der Waals surface area (Å²) in [6.07, 6.45) is 0. The summed E-state index contributed by atoms with van der Waals surface area (Å²) in [4.78, 5) is 8.85. The first-order valence-corrected chi connectivity index (χ1v) is 7.22. The maximum Gasteiger partial charge on any atom is 0.223 e. The van der Waals surface area contributed by atoms with Crippen LogP contribution < -0.4 is 5.32 Å². The molecule has 5 nitrogen and oxygen atoms in total. The highest BCUT2D eigenvalue weighted by Crippen LogP contribution is 2.26. The first-order chi connectivity index (χ1) is 8.86. The van der Waals surface area contributed by atoms with Crippen LogP contribution in [0.25, 0.3) is 0 Å². The smallest absolute Gasteiger partial charge is 0.223 e. The highest BCUT2D eigenvalue weighted by molar-refractivity contribution is 7.09. The van der Waals surface area contributed by atoms with Gasteiger partial charge in [0.2, 0.25) is 5.89 Å². The number of nitrogens with one attached hydrogen (secondary N) is 1. The second-order valence-electron chi connectivity index (χ2n) is 5.65. The van der Waals surface area contributed by atoms with E-state index in [4.69, 9.17) is 9.51 Å². The SMILES string of the molecule is Cc1nc(CN[C@@H](C)c2nc(C(C)(C)C)cs2)no1. The monoisotopic (exact) mass is 280 g/mol. The van der Waals surface area contributed by atoms with Gasteiger partial charge in [0.05, 0.1) is 18.3 Å². The lowest BCUT2D eigenvalue weighted by Gasteiger charge is -2.15. The molecule has 19 heavy (non-hydrogen) atoms. The van der Waals surface area contributed by atoms with Crippen LogP contribution in [-0.2, 0) is 12.0 Å². The third-order valence-electron chi connectivity index (χ3n) is 2.80. The zero-order valence-electron chi connectivity index (χ0n) is 12.0. The summed E-state index contributed by atoms with van der Waals surface area (Å²) in [6.45, 7) is 11.0. The van der Waals surface area contributed by atoms with Gasteiger partial charge in [-0.3, -0.25) is 0 Å². The fourth-order valence-corrected chi connectivity index (χ4v) is 2.65. The van der Waals surface area contributed by atoms with Crippen molar-refractivity contribution in [1.29, 1.82) is 0 Å². The van der Waals surface area contributed by atoms with E-state index in [1.165, 1.54) is 0 Å². The number of rotatable bonds is 4. The van der Waals surface area contributed by atoms with Crippen LogP contribution in [0, 0.1) is 6.92 Å². The normalized spacial score (nSPS) is 13.7. The molecular weight excluding hydrogens is 260 g/mol. The van der Waals surface area contributed by atoms with Crippen molar-refractivity contribution in [2.24, 2.45) is 0 Å². The standard InChI is InChI=1S/C13H20N4OS/c1-8(14-6-11-15-9(2)18-17-11)12-16-10(7-19-12)13(3,4)5/h7-8,14H,6H2,1-5H3/t8-/m0/s1. The van der Waals surface area contributed by atoms with Gasteiger partial charge < -0.3 is 9.84 Å². The lowest BCUT2D eigenvalue weighted by Crippen LogP contribution is -2.19. The highest BCUT2D eigenvalue weighted by Gasteiger charge is 2.19. The number of hydrogen-bond donors (Lipinski definition) is 1. The maximum absolute atomic E-state index is 4.94. The third kappa shape index (κ3) is 3.61. The molecule has 2 rings (SSSR count). The fraction of sp³-hybridized carbons (Fsp3) is 0.615. The average Bonchev–Trinajstić information content (AvgIpc) is 2.93. The van der Waals surface area contributed by atoms with Gasteiger partial charge >= 0.3 is 0 Å². The van der Waals surface area contributed by atoms with Gasteiger partial charge in [0.1, 0.15) is 5.01 Å². The Labute approximate surface area is 117 Å². The van der Waals surface area contributed by atoms with E-state index in [2.05, 4.69) is 48.5 Å². The lowest BCUT2D eigenvalue weighted by atomic mass is 9.93. The Hall–Kier alpha value is -1.27. The van der Waals surface area contributed by atoms with Crippen molar-refractivity contribution in [2.45, 2.75) is 52.6 Å². The van der Waals surface area contributed by atoms with Crippen LogP contribution in [0.5, 0.6) is 0 Å². The summed E-state index contributed by atoms with van der Waals surface area (Å²) in [5.41, 5.74) is 1.23. The van der Waals surface area contributed by atoms with Crippen molar-refractivity contribution in [2.75, 3.05) is 0 Å². The van der Waals surface area contributed by atoms with Crippen LogP contribution in [0.3, 0.4) is 0 Å². The molecule has 0 aromatic carbocycles. The van der Waals surface area contributed by atoms with Gasteiger partial charge in [-0.2, -0.15) is 4.98 Å². The van der Waals surface area contributed by atoms with E-state index < -0.39 is 0 Å². The Morgan fingerprint density at radius 1 is 1.37 bits per heavy atom. The van der Waals surface area contributed by atoms with Crippen LogP contribution in [0.2, 0.25) is 0 Å². The topological polar surface area (TPSA) is 63.8 Å². The van der Waals surface area contributed by atoms with Crippen LogP contribution >= 0.6 is 11.3 Å². The van der Waals surface area contributed by atoms with Crippen molar-refractivity contribution < 1.29 is 4.52 Å². The summed E-state index contributed by atoms with van der Waals surface area (Å²) >= 11 is 1.69. The number of aryl methyl sites for hydroxylation is 1. The first-order valence-electron chi connectivity index (χ1n) is 6.35. The van der Waals surface area contributed by atoms with E-state index in [0.717, 1.165) is 10.7 Å². The molecule has 0 fully saturated rings. The Morgan fingerprint density at radius 2 is 2.11 bits per heavy atom. The van der Waals surface area contributed by atoms with Crippen LogP contribution in [0.1, 0.15) is 56.2 Å². The molecule has 2 aromatic heterocycles. The van der Waals surface area contributed by atoms with E-state index in [1.807, 2.05) is 0 Å². The molecule has 0 aliphatic heterocycles. The van der Waals surface area contributed by atoms with E-state index in [1.54, 1.807) is 18.3 Å². The largest absolute Gasteiger partial charge is 0.340 e. The molecule has 0 aliphatic rings. The molecular formula is C13H20N4OS. The molecule has 0 bridgehead atoms. The van der Waals surface area contributed by atoms with Gasteiger partial charge in [-0.05, 0) is 6.92 Å². The first kappa shape index (κ1) is 14.1. The van der Waals surface area contributed by atoms with E-state index in [0.29, 0.717) is 18.3 Å². The van der Waals surface area contributed by atoms with E-state index in [9.17, 15) is 0 Å². The molecule has 1 N–H and O–H groups in total. The molecule has 2 aromatic rings. The average molecular weight is 280 g/mol. The molecule has 0 aliphatic carbocycles. The predicted octanol–water partition coefficient (Wildman–Crippen LogP) is 2.98. The zero-order valence-corrected chi connectivity index (χ0v) is 12.8. The third-order valence-corrected chi connectivity index (χ3v) is 3.82. The second kappa shape index (κ2) is 5.38. The molecule has 6 heteroatoms. The minimum atomic E-state index is 0.0965. The molecule has 0 unspecified atom stereocenters. The molecule has 2 heterocycles. The molecule has 1 atom stereocenters. The van der Waals surface area contributed by atoms with Gasteiger partial charge in [0.15, 0.2) is 5.82 Å². The Balaban J connectivity index is 1.96. The zero-order chi connectivity index (χ0) is 14.0. The summed E-state index contributed by atoms with van der Waals surface area (Å²) in [7, 11) is 0. The van der Waals surface area contributed by atoms with Crippen molar-refractivity contribution >= 4 is 11.3 Å². The minimum absolute atomic E-state index is 0.0965. The number of thiazole rings is 1. The quantitative estimate of drug-likeness (QED) is 0.932.